The molecule has 3 aliphatic rings. The van der Waals surface area contributed by atoms with Crippen molar-refractivity contribution in [2.24, 2.45) is 0 Å². The van der Waals surface area contributed by atoms with Gasteiger partial charge in [-0.2, -0.15) is 0 Å². The molecule has 3 aromatic rings. The molecule has 0 fully saturated rings. The Morgan fingerprint density at radius 1 is 0.706 bits per heavy atom. The van der Waals surface area contributed by atoms with E-state index in [9.17, 15) is 0 Å². The molecule has 0 bridgehead atoms. The van der Waals surface area contributed by atoms with Gasteiger partial charge in [0.05, 0.1) is 0 Å². The first-order valence-corrected chi connectivity index (χ1v) is 14.0. The van der Waals surface area contributed by atoms with Crippen LogP contribution in [0.1, 0.15) is 17.5 Å². The van der Waals surface area contributed by atoms with E-state index in [4.69, 9.17) is 0 Å². The molecule has 0 amide bonds. The van der Waals surface area contributed by atoms with Crippen LogP contribution in [0, 0.1) is 0 Å². The molecular formula is C31H27Cl2Zr. The number of rotatable bonds is 3. The zero-order valence-corrected chi connectivity index (χ0v) is 22.9. The third-order valence-electron chi connectivity index (χ3n) is 6.31. The van der Waals surface area contributed by atoms with Crippen LogP contribution in [0.15, 0.2) is 133 Å². The molecule has 0 saturated heterocycles. The van der Waals surface area contributed by atoms with Crippen LogP contribution in [-0.2, 0) is 22.8 Å². The number of fused-ring (bicyclic) bond motifs is 3. The number of hydrogen-bond acceptors (Lipinski definition) is 0. The molecule has 0 radical (unpaired) electrons. The second-order valence-electron chi connectivity index (χ2n) is 8.13. The summed E-state index contributed by atoms with van der Waals surface area (Å²) in [6.45, 7) is 0. The summed E-state index contributed by atoms with van der Waals surface area (Å²) >= 11 is -0.791. The van der Waals surface area contributed by atoms with Gasteiger partial charge in [0, 0.05) is 0 Å². The average molecular weight is 562 g/mol. The Kier molecular flexibility index (Phi) is 9.20. The molecule has 0 saturated carbocycles. The normalized spacial score (nSPS) is 18.4. The molecule has 3 heteroatoms. The SMILES string of the molecule is Cl.Cl.[CH2]=[Zr][C]1(C2=CC=CC2)C=CC=C2C1=Cc1ccccc12.c1ccc(-c2ccccc2)cc1. The third kappa shape index (κ3) is 5.03. The molecule has 6 rings (SSSR count). The van der Waals surface area contributed by atoms with Crippen LogP contribution < -0.4 is 0 Å². The minimum atomic E-state index is -0.791. The first-order valence-electron chi connectivity index (χ1n) is 11.0. The van der Waals surface area contributed by atoms with Crippen molar-refractivity contribution in [2.45, 2.75) is 9.54 Å². The fourth-order valence-corrected chi connectivity index (χ4v) is 7.20. The van der Waals surface area contributed by atoms with Crippen molar-refractivity contribution in [3.05, 3.63) is 144 Å². The molecule has 0 aliphatic heterocycles. The molecule has 1 atom stereocenters. The van der Waals surface area contributed by atoms with Gasteiger partial charge >= 0.3 is 131 Å². The van der Waals surface area contributed by atoms with Crippen LogP contribution in [0.2, 0.25) is 3.12 Å². The molecule has 0 spiro atoms. The van der Waals surface area contributed by atoms with Crippen LogP contribution in [0.5, 0.6) is 0 Å². The molecule has 0 aromatic heterocycles. The van der Waals surface area contributed by atoms with Crippen molar-refractivity contribution in [3.63, 3.8) is 0 Å². The molecule has 3 aromatic carbocycles. The predicted molar refractivity (Wildman–Crippen MR) is 150 cm³/mol. The van der Waals surface area contributed by atoms with Crippen LogP contribution in [-0.4, -0.2) is 4.21 Å². The Morgan fingerprint density at radius 3 is 1.91 bits per heavy atom. The van der Waals surface area contributed by atoms with Crippen molar-refractivity contribution in [1.82, 2.24) is 0 Å². The van der Waals surface area contributed by atoms with E-state index in [0.717, 1.165) is 6.42 Å². The van der Waals surface area contributed by atoms with Crippen molar-refractivity contribution in [1.29, 1.82) is 0 Å². The Morgan fingerprint density at radius 2 is 1.32 bits per heavy atom. The molecule has 34 heavy (non-hydrogen) atoms. The topological polar surface area (TPSA) is 0 Å². The zero-order chi connectivity index (χ0) is 21.8. The first kappa shape index (κ1) is 26.3. The summed E-state index contributed by atoms with van der Waals surface area (Å²) in [4.78, 5) is 0. The quantitative estimate of drug-likeness (QED) is 0.300. The Labute approximate surface area is 226 Å². The summed E-state index contributed by atoms with van der Waals surface area (Å²) in [5, 5.41) is 0. The Bertz CT molecular complexity index is 1260. The second kappa shape index (κ2) is 11.9. The molecule has 169 valence electrons. The zero-order valence-electron chi connectivity index (χ0n) is 18.9. The summed E-state index contributed by atoms with van der Waals surface area (Å²) in [7, 11) is 0. The smallest absolute Gasteiger partial charge is 0.0184 e. The van der Waals surface area contributed by atoms with Crippen LogP contribution in [0.25, 0.3) is 22.8 Å². The van der Waals surface area contributed by atoms with Crippen molar-refractivity contribution < 1.29 is 22.8 Å². The molecular weight excluding hydrogens is 534 g/mol. The van der Waals surface area contributed by atoms with Gasteiger partial charge in [0.2, 0.25) is 0 Å². The summed E-state index contributed by atoms with van der Waals surface area (Å²) in [6, 6.07) is 29.5. The predicted octanol–water partition coefficient (Wildman–Crippen LogP) is 8.79. The molecule has 0 heterocycles. The van der Waals surface area contributed by atoms with Gasteiger partial charge < -0.3 is 0 Å². The van der Waals surface area contributed by atoms with E-state index >= 15 is 0 Å². The van der Waals surface area contributed by atoms with E-state index in [1.165, 1.54) is 33.4 Å². The molecule has 3 aliphatic carbocycles. The van der Waals surface area contributed by atoms with Crippen molar-refractivity contribution in [3.8, 4) is 11.1 Å². The van der Waals surface area contributed by atoms with Gasteiger partial charge in [-0.15, -0.1) is 24.8 Å². The number of benzene rings is 3. The minimum absolute atomic E-state index is 0. The van der Waals surface area contributed by atoms with Gasteiger partial charge in [-0.1, -0.05) is 60.7 Å². The standard InChI is InChI=1S/C18H13.C12H10.CH2.2ClH.Zr/c1-2-7-13(6-1)15-10-5-11-17-16-9-4-3-8-14(16)12-18(15)17;1-3-7-11(8-4-1)12-9-5-2-6-10-12;;;;/h1-6,8-12H,7H2;1-10H;1H2;2*1H;. The van der Waals surface area contributed by atoms with Gasteiger partial charge in [0.25, 0.3) is 0 Å². The maximum Gasteiger partial charge on any atom is -0.0184 e. The Balaban J connectivity index is 0.000000201. The fourth-order valence-electron chi connectivity index (χ4n) is 4.68. The number of halogens is 2. The van der Waals surface area contributed by atoms with E-state index in [1.807, 2.05) is 12.1 Å². The van der Waals surface area contributed by atoms with Crippen molar-refractivity contribution in [2.75, 3.05) is 0 Å². The van der Waals surface area contributed by atoms with Gasteiger partial charge in [0.15, 0.2) is 0 Å². The average Bonchev–Trinajstić information content (AvgIpc) is 3.54. The van der Waals surface area contributed by atoms with Crippen molar-refractivity contribution >= 4 is 40.7 Å². The van der Waals surface area contributed by atoms with Gasteiger partial charge in [-0.25, -0.2) is 0 Å². The molecule has 1 unspecified atom stereocenters. The largest absolute Gasteiger partial charge is 0.0622 e. The fraction of sp³-hybridized carbons (Fsp3) is 0.0645. The number of allylic oxidation sites excluding steroid dienone is 9. The number of hydrogen-bond donors (Lipinski definition) is 0. The Hall–Kier alpha value is -2.31. The third-order valence-corrected chi connectivity index (χ3v) is 9.54. The van der Waals surface area contributed by atoms with Crippen LogP contribution in [0.3, 0.4) is 0 Å². The minimum Gasteiger partial charge on any atom is -0.0622 e. The van der Waals surface area contributed by atoms with Crippen LogP contribution in [0.4, 0.5) is 0 Å². The van der Waals surface area contributed by atoms with E-state index in [-0.39, 0.29) is 27.9 Å². The van der Waals surface area contributed by atoms with E-state index in [0.29, 0.717) is 0 Å². The van der Waals surface area contributed by atoms with E-state index < -0.39 is 22.8 Å². The van der Waals surface area contributed by atoms with Gasteiger partial charge in [0.1, 0.15) is 0 Å². The maximum absolute atomic E-state index is 4.43. The summed E-state index contributed by atoms with van der Waals surface area (Å²) in [5.41, 5.74) is 9.76. The molecule has 0 nitrogen and oxygen atoms in total. The van der Waals surface area contributed by atoms with Gasteiger partial charge in [-0.05, 0) is 11.1 Å². The summed E-state index contributed by atoms with van der Waals surface area (Å²) in [5.74, 6) is 0. The van der Waals surface area contributed by atoms with Crippen LogP contribution >= 0.6 is 24.8 Å². The van der Waals surface area contributed by atoms with E-state index in [1.54, 1.807) is 5.57 Å². The maximum atomic E-state index is 4.43. The van der Waals surface area contributed by atoms with E-state index in [2.05, 4.69) is 120 Å². The van der Waals surface area contributed by atoms with Gasteiger partial charge in [-0.3, -0.25) is 0 Å². The molecule has 0 N–H and O–H groups in total. The second-order valence-corrected chi connectivity index (χ2v) is 10.9. The monoisotopic (exact) mass is 559 g/mol. The summed E-state index contributed by atoms with van der Waals surface area (Å²) in [6.07, 6.45) is 17.2. The first-order chi connectivity index (χ1) is 15.8. The summed E-state index contributed by atoms with van der Waals surface area (Å²) < 4.78 is 4.58.